The minimum atomic E-state index is 0.751. The Morgan fingerprint density at radius 2 is 2.06 bits per heavy atom. The average molecular weight is 251 g/mol. The Hall–Kier alpha value is -0.870. The number of hydrogen-bond acceptors (Lipinski definition) is 4. The molecule has 0 amide bonds. The fraction of sp³-hybridized carbons (Fsp3) is 0.786. The van der Waals surface area contributed by atoms with Gasteiger partial charge >= 0.3 is 0 Å². The maximum absolute atomic E-state index is 5.54. The van der Waals surface area contributed by atoms with Crippen LogP contribution in [0.5, 0.6) is 0 Å². The molecule has 1 saturated heterocycles. The summed E-state index contributed by atoms with van der Waals surface area (Å²) in [5.41, 5.74) is 1.00. The first-order valence-corrected chi connectivity index (χ1v) is 6.97. The van der Waals surface area contributed by atoms with E-state index in [2.05, 4.69) is 22.2 Å². The van der Waals surface area contributed by atoms with Gasteiger partial charge in [-0.3, -0.25) is 0 Å². The zero-order valence-corrected chi connectivity index (χ0v) is 11.8. The van der Waals surface area contributed by atoms with Crippen LogP contribution in [0, 0.1) is 19.8 Å². The van der Waals surface area contributed by atoms with Crippen molar-refractivity contribution in [3.63, 3.8) is 0 Å². The van der Waals surface area contributed by atoms with Crippen LogP contribution >= 0.6 is 0 Å². The third-order valence-electron chi connectivity index (χ3n) is 3.92. The summed E-state index contributed by atoms with van der Waals surface area (Å²) < 4.78 is 5.54. The topological polar surface area (TPSA) is 41.3 Å². The number of aromatic nitrogens is 1. The Morgan fingerprint density at radius 1 is 1.33 bits per heavy atom. The van der Waals surface area contributed by atoms with E-state index in [0.717, 1.165) is 36.4 Å². The molecule has 102 valence electrons. The maximum atomic E-state index is 5.54. The molecule has 1 fully saturated rings. The fourth-order valence-corrected chi connectivity index (χ4v) is 2.47. The maximum Gasteiger partial charge on any atom is 0.208 e. The van der Waals surface area contributed by atoms with E-state index in [1.165, 1.54) is 32.4 Å². The molecule has 1 aliphatic rings. The van der Waals surface area contributed by atoms with Crippen LogP contribution in [0.15, 0.2) is 4.42 Å². The molecule has 0 saturated carbocycles. The van der Waals surface area contributed by atoms with Gasteiger partial charge in [-0.2, -0.15) is 0 Å². The zero-order chi connectivity index (χ0) is 13.0. The molecule has 0 aromatic carbocycles. The van der Waals surface area contributed by atoms with Crippen molar-refractivity contribution in [2.24, 2.45) is 5.92 Å². The van der Waals surface area contributed by atoms with Crippen molar-refractivity contribution in [3.8, 4) is 0 Å². The number of likely N-dealkylation sites (tertiary alicyclic amines) is 1. The normalized spacial score (nSPS) is 18.4. The Morgan fingerprint density at radius 3 is 2.67 bits per heavy atom. The van der Waals surface area contributed by atoms with Crippen molar-refractivity contribution in [2.75, 3.05) is 26.7 Å². The first kappa shape index (κ1) is 13.6. The molecular formula is C14H25N3O. The van der Waals surface area contributed by atoms with Gasteiger partial charge in [0.25, 0.3) is 0 Å². The predicted octanol–water partition coefficient (Wildman–Crippen LogP) is 2.11. The number of aryl methyl sites for hydroxylation is 2. The zero-order valence-electron chi connectivity index (χ0n) is 11.8. The van der Waals surface area contributed by atoms with E-state index in [9.17, 15) is 0 Å². The van der Waals surface area contributed by atoms with Crippen molar-refractivity contribution in [2.45, 2.75) is 39.7 Å². The summed E-state index contributed by atoms with van der Waals surface area (Å²) in [5.74, 6) is 2.64. The molecule has 4 nitrogen and oxygen atoms in total. The highest BCUT2D eigenvalue weighted by atomic mass is 16.4. The van der Waals surface area contributed by atoms with E-state index in [0.29, 0.717) is 0 Å². The highest BCUT2D eigenvalue weighted by molar-refractivity contribution is 5.05. The number of hydrogen-bond donors (Lipinski definition) is 1. The molecule has 0 aliphatic carbocycles. The van der Waals surface area contributed by atoms with Gasteiger partial charge in [0.2, 0.25) is 5.89 Å². The molecule has 0 spiro atoms. The number of nitrogens with zero attached hydrogens (tertiary/aromatic N) is 2. The highest BCUT2D eigenvalue weighted by Crippen LogP contribution is 2.18. The number of oxazole rings is 1. The van der Waals surface area contributed by atoms with Gasteiger partial charge in [0.05, 0.1) is 12.2 Å². The van der Waals surface area contributed by atoms with Crippen molar-refractivity contribution >= 4 is 0 Å². The van der Waals surface area contributed by atoms with E-state index in [-0.39, 0.29) is 0 Å². The summed E-state index contributed by atoms with van der Waals surface area (Å²) in [6.45, 7) is 8.27. The Balaban J connectivity index is 1.61. The van der Waals surface area contributed by atoms with Gasteiger partial charge in [-0.05, 0) is 65.7 Å². The lowest BCUT2D eigenvalue weighted by molar-refractivity contribution is 0.211. The van der Waals surface area contributed by atoms with Crippen molar-refractivity contribution in [3.05, 3.63) is 17.3 Å². The van der Waals surface area contributed by atoms with Gasteiger partial charge in [0.1, 0.15) is 5.76 Å². The molecule has 1 N–H and O–H groups in total. The van der Waals surface area contributed by atoms with Gasteiger partial charge in [-0.1, -0.05) is 0 Å². The number of nitrogens with one attached hydrogen (secondary N) is 1. The molecule has 1 aromatic rings. The van der Waals surface area contributed by atoms with Gasteiger partial charge in [0, 0.05) is 0 Å². The Labute approximate surface area is 110 Å². The standard InChI is InChI=1S/C14H25N3O/c1-11-12(2)18-14(16-11)10-15-7-4-13-5-8-17(3)9-6-13/h13,15H,4-10H2,1-3H3. The molecule has 0 radical (unpaired) electrons. The lowest BCUT2D eigenvalue weighted by atomic mass is 9.94. The summed E-state index contributed by atoms with van der Waals surface area (Å²) in [6.07, 6.45) is 3.96. The molecule has 0 bridgehead atoms. The smallest absolute Gasteiger partial charge is 0.208 e. The average Bonchev–Trinajstić information content (AvgIpc) is 2.67. The second kappa shape index (κ2) is 6.34. The lowest BCUT2D eigenvalue weighted by Crippen LogP contribution is -2.31. The summed E-state index contributed by atoms with van der Waals surface area (Å²) in [6, 6.07) is 0. The number of rotatable bonds is 5. The molecule has 1 aromatic heterocycles. The van der Waals surface area contributed by atoms with Crippen LogP contribution in [0.25, 0.3) is 0 Å². The van der Waals surface area contributed by atoms with Crippen LogP contribution in [0.3, 0.4) is 0 Å². The largest absolute Gasteiger partial charge is 0.444 e. The molecule has 4 heteroatoms. The monoisotopic (exact) mass is 251 g/mol. The van der Waals surface area contributed by atoms with E-state index < -0.39 is 0 Å². The predicted molar refractivity (Wildman–Crippen MR) is 72.5 cm³/mol. The summed E-state index contributed by atoms with van der Waals surface area (Å²) >= 11 is 0. The van der Waals surface area contributed by atoms with E-state index in [1.807, 2.05) is 13.8 Å². The van der Waals surface area contributed by atoms with Crippen molar-refractivity contribution in [1.29, 1.82) is 0 Å². The van der Waals surface area contributed by atoms with Crippen LogP contribution in [-0.4, -0.2) is 36.6 Å². The van der Waals surface area contributed by atoms with Gasteiger partial charge in [0.15, 0.2) is 0 Å². The van der Waals surface area contributed by atoms with Gasteiger partial charge in [-0.15, -0.1) is 0 Å². The molecule has 2 rings (SSSR count). The fourth-order valence-electron chi connectivity index (χ4n) is 2.47. The lowest BCUT2D eigenvalue weighted by Gasteiger charge is -2.28. The van der Waals surface area contributed by atoms with Crippen molar-refractivity contribution < 1.29 is 4.42 Å². The highest BCUT2D eigenvalue weighted by Gasteiger charge is 2.15. The molecule has 2 heterocycles. The molecule has 1 aliphatic heterocycles. The first-order valence-electron chi connectivity index (χ1n) is 6.97. The quantitative estimate of drug-likeness (QED) is 0.814. The van der Waals surface area contributed by atoms with E-state index in [1.54, 1.807) is 0 Å². The van der Waals surface area contributed by atoms with Crippen LogP contribution in [0.1, 0.15) is 36.6 Å². The third-order valence-corrected chi connectivity index (χ3v) is 3.92. The Bertz CT molecular complexity index is 348. The minimum absolute atomic E-state index is 0.751. The van der Waals surface area contributed by atoms with Crippen LogP contribution < -0.4 is 5.32 Å². The van der Waals surface area contributed by atoms with Crippen molar-refractivity contribution in [1.82, 2.24) is 15.2 Å². The summed E-state index contributed by atoms with van der Waals surface area (Å²) in [5, 5.41) is 3.43. The molecular weight excluding hydrogens is 226 g/mol. The van der Waals surface area contributed by atoms with Gasteiger partial charge < -0.3 is 14.6 Å². The van der Waals surface area contributed by atoms with E-state index >= 15 is 0 Å². The molecule has 18 heavy (non-hydrogen) atoms. The van der Waals surface area contributed by atoms with Crippen LogP contribution in [0.4, 0.5) is 0 Å². The summed E-state index contributed by atoms with van der Waals surface area (Å²) in [4.78, 5) is 6.79. The SMILES string of the molecule is Cc1nc(CNCCC2CCN(C)CC2)oc1C. The molecule has 0 atom stereocenters. The Kier molecular flexibility index (Phi) is 4.78. The minimum Gasteiger partial charge on any atom is -0.444 e. The second-order valence-corrected chi connectivity index (χ2v) is 5.46. The third kappa shape index (κ3) is 3.82. The molecule has 0 unspecified atom stereocenters. The summed E-state index contributed by atoms with van der Waals surface area (Å²) in [7, 11) is 2.21. The second-order valence-electron chi connectivity index (χ2n) is 5.46. The van der Waals surface area contributed by atoms with E-state index in [4.69, 9.17) is 4.42 Å². The number of piperidine rings is 1. The first-order chi connectivity index (χ1) is 8.65. The van der Waals surface area contributed by atoms with Crippen LogP contribution in [0.2, 0.25) is 0 Å². The van der Waals surface area contributed by atoms with Crippen LogP contribution in [-0.2, 0) is 6.54 Å². The van der Waals surface area contributed by atoms with Gasteiger partial charge in [-0.25, -0.2) is 4.98 Å².